The second-order valence-electron chi connectivity index (χ2n) is 3.06. The van der Waals surface area contributed by atoms with E-state index in [1.165, 1.54) is 12.8 Å². The second kappa shape index (κ2) is 19.3. The van der Waals surface area contributed by atoms with E-state index in [0.717, 1.165) is 12.8 Å². The van der Waals surface area contributed by atoms with E-state index in [4.69, 9.17) is 42.1 Å². The fourth-order valence-electron chi connectivity index (χ4n) is 1.19. The van der Waals surface area contributed by atoms with Crippen LogP contribution in [0.25, 0.3) is 0 Å². The molecule has 0 saturated heterocycles. The van der Waals surface area contributed by atoms with E-state index in [1.54, 1.807) is 0 Å². The Kier molecular flexibility index (Phi) is 31.2. The van der Waals surface area contributed by atoms with Crippen LogP contribution in [-0.2, 0) is 32.0 Å². The molecule has 19 heavy (non-hydrogen) atoms. The van der Waals surface area contributed by atoms with E-state index < -0.39 is 10.2 Å². The Bertz CT molecular complexity index is 191. The maximum Gasteiger partial charge on any atom is 4.00 e. The third kappa shape index (κ3) is 38.3. The van der Waals surface area contributed by atoms with Crippen LogP contribution in [0.2, 0.25) is 0 Å². The van der Waals surface area contributed by atoms with Gasteiger partial charge >= 0.3 is 21.1 Å². The number of nitrogens with two attached hydrogens (primary N) is 2. The smallest absolute Gasteiger partial charge is 0.457 e. The van der Waals surface area contributed by atoms with Crippen LogP contribution in [0, 0.1) is 30.6 Å². The average molecular weight is 471 g/mol. The molecule has 13 heteroatoms. The summed E-state index contributed by atoms with van der Waals surface area (Å²) in [5.74, 6) is 0. The Morgan fingerprint density at radius 1 is 0.789 bits per heavy atom. The van der Waals surface area contributed by atoms with E-state index in [-0.39, 0.29) is 44.1 Å². The van der Waals surface area contributed by atoms with Crippen LogP contribution < -0.4 is 11.5 Å². The van der Waals surface area contributed by atoms with Crippen LogP contribution >= 0.6 is 0 Å². The van der Waals surface area contributed by atoms with E-state index in [2.05, 4.69) is 0 Å². The third-order valence-electron chi connectivity index (χ3n) is 1.87. The second-order valence-corrected chi connectivity index (χ2v) is 3.06. The number of nitrogens with zero attached hydrogens (tertiary/aromatic N) is 2. The molecule has 0 aromatic rings. The first-order chi connectivity index (χ1) is 7.27. The van der Waals surface area contributed by atoms with Gasteiger partial charge in [0, 0.05) is 12.1 Å². The molecule has 2 atom stereocenters. The molecule has 0 aliphatic heterocycles. The van der Waals surface area contributed by atoms with Crippen molar-refractivity contribution in [3.05, 3.63) is 30.6 Å². The van der Waals surface area contributed by atoms with Crippen molar-refractivity contribution >= 4 is 0 Å². The number of hydrogen-bond acceptors (Lipinski definition) is 8. The minimum atomic E-state index is -1.75. The predicted molar refractivity (Wildman–Crippen MR) is 64.9 cm³/mol. The summed E-state index contributed by atoms with van der Waals surface area (Å²) >= 11 is 0. The maximum atomic E-state index is 8.25. The Morgan fingerprint density at radius 3 is 1.05 bits per heavy atom. The van der Waals surface area contributed by atoms with Gasteiger partial charge in [-0.3, -0.25) is 0 Å². The van der Waals surface area contributed by atoms with Gasteiger partial charge in [-0.25, -0.2) is 0 Å². The summed E-state index contributed by atoms with van der Waals surface area (Å²) in [6, 6.07) is 0.562. The molecule has 0 aromatic heterocycles. The van der Waals surface area contributed by atoms with Crippen molar-refractivity contribution in [1.82, 2.24) is 0 Å². The first kappa shape index (κ1) is 30.7. The van der Waals surface area contributed by atoms with Crippen LogP contribution in [0.3, 0.4) is 0 Å². The van der Waals surface area contributed by atoms with Crippen molar-refractivity contribution < 1.29 is 42.2 Å². The molecule has 1 rings (SSSR count). The number of hydrogen-bond donors (Lipinski definition) is 2. The molecule has 0 amide bonds. The van der Waals surface area contributed by atoms with Gasteiger partial charge in [0.25, 0.3) is 0 Å². The Morgan fingerprint density at radius 2 is 0.947 bits per heavy atom. The molecule has 1 saturated carbocycles. The fraction of sp³-hybridized carbons (Fsp3) is 1.00. The monoisotopic (exact) mass is 471 g/mol. The van der Waals surface area contributed by atoms with Crippen LogP contribution in [0.5, 0.6) is 0 Å². The molecule has 0 bridgehead atoms. The van der Waals surface area contributed by atoms with Crippen molar-refractivity contribution in [2.24, 2.45) is 11.5 Å². The van der Waals surface area contributed by atoms with E-state index in [9.17, 15) is 0 Å². The molecule has 0 radical (unpaired) electrons. The van der Waals surface area contributed by atoms with Crippen LogP contribution in [0.4, 0.5) is 0 Å². The van der Waals surface area contributed by atoms with Gasteiger partial charge in [-0.2, -0.15) is 0 Å². The summed E-state index contributed by atoms with van der Waals surface area (Å²) in [7, 11) is 0. The standard InChI is InChI=1S/C6H14N2.2NO3.2H2O.Pt/c7-5-3-1-2-4-6(5)8;2*2-1(3)4;;;/h5-6H,1-4,7-8H2;;;2*1H2;/q;2*-1;;;+4/p+2/t5-,6-;;;;;/m1...../s1. The summed E-state index contributed by atoms with van der Waals surface area (Å²) in [5, 5.41) is 29.5. The molecule has 12 nitrogen and oxygen atoms in total. The zero-order valence-electron chi connectivity index (χ0n) is 9.95. The van der Waals surface area contributed by atoms with Crippen LogP contribution in [-0.4, -0.2) is 22.3 Å². The molecule has 10 N–H and O–H groups in total. The molecule has 0 aromatic carbocycles. The Hall–Kier alpha value is -1.07. The van der Waals surface area contributed by atoms with Gasteiger partial charge in [-0.05, 0) is 12.8 Å². The van der Waals surface area contributed by atoms with E-state index >= 15 is 0 Å². The van der Waals surface area contributed by atoms with Crippen molar-refractivity contribution in [3.63, 3.8) is 0 Å². The topological polar surface area (TPSA) is 250 Å². The average Bonchev–Trinajstić information content (AvgIpc) is 2.08. The van der Waals surface area contributed by atoms with Crippen molar-refractivity contribution in [3.8, 4) is 0 Å². The largest absolute Gasteiger partial charge is 4.00 e. The van der Waals surface area contributed by atoms with Gasteiger partial charge in [0.2, 0.25) is 0 Å². The van der Waals surface area contributed by atoms with Gasteiger partial charge in [-0.1, -0.05) is 12.8 Å². The molecule has 1 aliphatic carbocycles. The number of rotatable bonds is 0. The molecule has 0 spiro atoms. The van der Waals surface area contributed by atoms with Gasteiger partial charge in [-0.15, -0.1) is 0 Å². The molecular weight excluding hydrogens is 451 g/mol. The maximum absolute atomic E-state index is 8.25. The third-order valence-corrected chi connectivity index (χ3v) is 1.87. The minimum absolute atomic E-state index is 0. The van der Waals surface area contributed by atoms with Gasteiger partial charge in [0.15, 0.2) is 0 Å². The SMILES string of the molecule is N[C@@H]1CCCC[C@H]1N.O=[N+]([O-])[O-].O=[N+]([O-])[O-].[OH3+].[OH3+].[Pt+4]. The molecule has 1 aliphatic rings. The van der Waals surface area contributed by atoms with Crippen molar-refractivity contribution in [1.29, 1.82) is 0 Å². The normalized spacial score (nSPS) is 19.3. The van der Waals surface area contributed by atoms with E-state index in [1.807, 2.05) is 0 Å². The van der Waals surface area contributed by atoms with Gasteiger partial charge in [0.05, 0.1) is 10.2 Å². The van der Waals surface area contributed by atoms with E-state index in [0.29, 0.717) is 0 Å². The molecular formula is C6H20N4O8Pt+4. The zero-order chi connectivity index (χ0) is 13.1. The summed E-state index contributed by atoms with van der Waals surface area (Å²) in [6.07, 6.45) is 4.80. The summed E-state index contributed by atoms with van der Waals surface area (Å²) in [5.41, 5.74) is 11.3. The van der Waals surface area contributed by atoms with Crippen molar-refractivity contribution in [2.45, 2.75) is 37.8 Å². The first-order valence-corrected chi connectivity index (χ1v) is 4.41. The van der Waals surface area contributed by atoms with Crippen LogP contribution in [0.15, 0.2) is 0 Å². The summed E-state index contributed by atoms with van der Waals surface area (Å²) in [6.45, 7) is 0. The van der Waals surface area contributed by atoms with Crippen LogP contribution in [0.1, 0.15) is 25.7 Å². The van der Waals surface area contributed by atoms with Gasteiger partial charge < -0.3 is 53.1 Å². The first-order valence-electron chi connectivity index (χ1n) is 4.41. The Balaban J connectivity index is -0.0000000526. The summed E-state index contributed by atoms with van der Waals surface area (Å²) < 4.78 is 0. The molecule has 118 valence electrons. The summed E-state index contributed by atoms with van der Waals surface area (Å²) in [4.78, 5) is 16.5. The minimum Gasteiger partial charge on any atom is -0.457 e. The quantitative estimate of drug-likeness (QED) is 0.224. The molecule has 0 heterocycles. The predicted octanol–water partition coefficient (Wildman–Crippen LogP) is -2.11. The Labute approximate surface area is 122 Å². The van der Waals surface area contributed by atoms with Crippen molar-refractivity contribution in [2.75, 3.05) is 0 Å². The molecule has 0 unspecified atom stereocenters. The fourth-order valence-corrected chi connectivity index (χ4v) is 1.19. The molecule has 1 fully saturated rings. The zero-order valence-corrected chi connectivity index (χ0v) is 12.2. The van der Waals surface area contributed by atoms with Gasteiger partial charge in [0.1, 0.15) is 0 Å².